The molecule has 0 spiro atoms. The second kappa shape index (κ2) is 3.93. The van der Waals surface area contributed by atoms with Crippen molar-refractivity contribution in [3.05, 3.63) is 11.8 Å². The SMILES string of the molecule is CCC(=CC(=O)O)N(C)C. The summed E-state index contributed by atoms with van der Waals surface area (Å²) in [6.45, 7) is 1.93. The van der Waals surface area contributed by atoms with E-state index in [9.17, 15) is 4.79 Å². The summed E-state index contributed by atoms with van der Waals surface area (Å²) in [4.78, 5) is 12.0. The number of carboxylic acid groups (broad SMARTS) is 1. The Morgan fingerprint density at radius 3 is 2.20 bits per heavy atom. The highest BCUT2D eigenvalue weighted by Gasteiger charge is 1.98. The van der Waals surface area contributed by atoms with Crippen LogP contribution in [0.2, 0.25) is 0 Å². The van der Waals surface area contributed by atoms with Crippen LogP contribution in [0.25, 0.3) is 0 Å². The number of nitrogens with zero attached hydrogens (tertiary/aromatic N) is 1. The first-order valence-corrected chi connectivity index (χ1v) is 3.18. The molecule has 0 atom stereocenters. The molecule has 0 amide bonds. The Labute approximate surface area is 61.0 Å². The Kier molecular flexibility index (Phi) is 3.54. The van der Waals surface area contributed by atoms with Crippen molar-refractivity contribution in [1.82, 2.24) is 4.90 Å². The molecule has 0 aromatic rings. The fourth-order valence-electron chi connectivity index (χ4n) is 0.690. The molecule has 0 rings (SSSR count). The molecule has 0 fully saturated rings. The Hall–Kier alpha value is -0.990. The van der Waals surface area contributed by atoms with Crippen LogP contribution in [0.4, 0.5) is 0 Å². The minimum Gasteiger partial charge on any atom is -0.478 e. The molecule has 0 aliphatic carbocycles. The topological polar surface area (TPSA) is 40.5 Å². The van der Waals surface area contributed by atoms with Gasteiger partial charge in [-0.25, -0.2) is 4.79 Å². The van der Waals surface area contributed by atoms with Gasteiger partial charge in [0, 0.05) is 25.9 Å². The van der Waals surface area contributed by atoms with Crippen molar-refractivity contribution in [2.24, 2.45) is 0 Å². The normalized spacial score (nSPS) is 11.3. The summed E-state index contributed by atoms with van der Waals surface area (Å²) in [5.41, 5.74) is 0.826. The van der Waals surface area contributed by atoms with Gasteiger partial charge in [-0.15, -0.1) is 0 Å². The standard InChI is InChI=1S/C7H13NO2/c1-4-6(8(2)3)5-7(9)10/h5H,4H2,1-3H3,(H,9,10). The number of carbonyl (C=O) groups is 1. The van der Waals surface area contributed by atoms with Gasteiger partial charge in [-0.3, -0.25) is 0 Å². The van der Waals surface area contributed by atoms with Crippen molar-refractivity contribution in [2.75, 3.05) is 14.1 Å². The average molecular weight is 143 g/mol. The first-order chi connectivity index (χ1) is 4.57. The highest BCUT2D eigenvalue weighted by atomic mass is 16.4. The third kappa shape index (κ3) is 3.12. The molecule has 0 bridgehead atoms. The molecule has 3 nitrogen and oxygen atoms in total. The Morgan fingerprint density at radius 2 is 2.10 bits per heavy atom. The quantitative estimate of drug-likeness (QED) is 0.597. The lowest BCUT2D eigenvalue weighted by molar-refractivity contribution is -0.131. The van der Waals surface area contributed by atoms with Crippen molar-refractivity contribution in [1.29, 1.82) is 0 Å². The smallest absolute Gasteiger partial charge is 0.330 e. The first kappa shape index (κ1) is 9.01. The van der Waals surface area contributed by atoms with E-state index in [2.05, 4.69) is 0 Å². The zero-order valence-corrected chi connectivity index (χ0v) is 6.59. The third-order valence-electron chi connectivity index (χ3n) is 1.23. The van der Waals surface area contributed by atoms with Gasteiger partial charge < -0.3 is 10.0 Å². The van der Waals surface area contributed by atoms with Crippen molar-refractivity contribution in [3.63, 3.8) is 0 Å². The zero-order chi connectivity index (χ0) is 8.15. The molecule has 58 valence electrons. The summed E-state index contributed by atoms with van der Waals surface area (Å²) in [6, 6.07) is 0. The van der Waals surface area contributed by atoms with Crippen LogP contribution in [0.1, 0.15) is 13.3 Å². The highest BCUT2D eigenvalue weighted by Crippen LogP contribution is 2.02. The average Bonchev–Trinajstić information content (AvgIpc) is 1.81. The van der Waals surface area contributed by atoms with E-state index in [1.54, 1.807) is 4.90 Å². The molecule has 0 aromatic carbocycles. The lowest BCUT2D eigenvalue weighted by Gasteiger charge is -2.13. The van der Waals surface area contributed by atoms with Gasteiger partial charge >= 0.3 is 5.97 Å². The molecule has 0 aliphatic rings. The van der Waals surface area contributed by atoms with Crippen LogP contribution in [-0.2, 0) is 4.79 Å². The molecule has 3 heteroatoms. The van der Waals surface area contributed by atoms with Gasteiger partial charge in [0.1, 0.15) is 0 Å². The largest absolute Gasteiger partial charge is 0.478 e. The van der Waals surface area contributed by atoms with E-state index in [1.165, 1.54) is 6.08 Å². The van der Waals surface area contributed by atoms with E-state index in [4.69, 9.17) is 5.11 Å². The molecule has 0 aliphatic heterocycles. The number of hydrogen-bond acceptors (Lipinski definition) is 2. The Balaban J connectivity index is 4.18. The van der Waals surface area contributed by atoms with Crippen molar-refractivity contribution in [2.45, 2.75) is 13.3 Å². The summed E-state index contributed by atoms with van der Waals surface area (Å²) in [5.74, 6) is -0.884. The maximum absolute atomic E-state index is 10.2. The van der Waals surface area contributed by atoms with Crippen LogP contribution in [0.15, 0.2) is 11.8 Å². The van der Waals surface area contributed by atoms with E-state index in [0.717, 1.165) is 12.1 Å². The van der Waals surface area contributed by atoms with Gasteiger partial charge in [-0.2, -0.15) is 0 Å². The van der Waals surface area contributed by atoms with Crippen molar-refractivity contribution < 1.29 is 9.90 Å². The maximum Gasteiger partial charge on any atom is 0.330 e. The second-order valence-corrected chi connectivity index (χ2v) is 2.22. The fourth-order valence-corrected chi connectivity index (χ4v) is 0.690. The van der Waals surface area contributed by atoms with Crippen LogP contribution in [0, 0.1) is 0 Å². The number of allylic oxidation sites excluding steroid dienone is 1. The van der Waals surface area contributed by atoms with Gasteiger partial charge in [-0.05, 0) is 6.42 Å². The maximum atomic E-state index is 10.2. The third-order valence-corrected chi connectivity index (χ3v) is 1.23. The van der Waals surface area contributed by atoms with Gasteiger partial charge in [0.25, 0.3) is 0 Å². The molecule has 10 heavy (non-hydrogen) atoms. The predicted octanol–water partition coefficient (Wildman–Crippen LogP) is 0.927. The predicted molar refractivity (Wildman–Crippen MR) is 39.7 cm³/mol. The van der Waals surface area contributed by atoms with Crippen LogP contribution < -0.4 is 0 Å². The monoisotopic (exact) mass is 143 g/mol. The molecule has 0 radical (unpaired) electrons. The summed E-state index contributed by atoms with van der Waals surface area (Å²) >= 11 is 0. The summed E-state index contributed by atoms with van der Waals surface area (Å²) in [5, 5.41) is 8.36. The molecular formula is C7H13NO2. The van der Waals surface area contributed by atoms with Gasteiger partial charge in [0.2, 0.25) is 0 Å². The van der Waals surface area contributed by atoms with Crippen LogP contribution in [0.3, 0.4) is 0 Å². The van der Waals surface area contributed by atoms with Crippen molar-refractivity contribution in [3.8, 4) is 0 Å². The lowest BCUT2D eigenvalue weighted by Crippen LogP contribution is -2.11. The zero-order valence-electron chi connectivity index (χ0n) is 6.59. The van der Waals surface area contributed by atoms with Crippen LogP contribution >= 0.6 is 0 Å². The Bertz CT molecular complexity index is 150. The molecular weight excluding hydrogens is 130 g/mol. The van der Waals surface area contributed by atoms with Gasteiger partial charge in [0.15, 0.2) is 0 Å². The van der Waals surface area contributed by atoms with Gasteiger partial charge in [0.05, 0.1) is 0 Å². The van der Waals surface area contributed by atoms with E-state index >= 15 is 0 Å². The molecule has 1 N–H and O–H groups in total. The summed E-state index contributed by atoms with van der Waals surface area (Å²) in [6.07, 6.45) is 1.97. The summed E-state index contributed by atoms with van der Waals surface area (Å²) < 4.78 is 0. The lowest BCUT2D eigenvalue weighted by atomic mass is 10.3. The number of aliphatic carboxylic acids is 1. The highest BCUT2D eigenvalue weighted by molar-refractivity contribution is 5.80. The molecule has 0 heterocycles. The number of rotatable bonds is 3. The molecule has 0 saturated carbocycles. The van der Waals surface area contributed by atoms with Gasteiger partial charge in [-0.1, -0.05) is 6.92 Å². The van der Waals surface area contributed by atoms with E-state index in [-0.39, 0.29) is 0 Å². The summed E-state index contributed by atoms with van der Waals surface area (Å²) in [7, 11) is 3.66. The minimum absolute atomic E-state index is 0.749. The van der Waals surface area contributed by atoms with E-state index < -0.39 is 5.97 Å². The van der Waals surface area contributed by atoms with E-state index in [0.29, 0.717) is 0 Å². The minimum atomic E-state index is -0.884. The fraction of sp³-hybridized carbons (Fsp3) is 0.571. The number of carboxylic acids is 1. The van der Waals surface area contributed by atoms with E-state index in [1.807, 2.05) is 21.0 Å². The van der Waals surface area contributed by atoms with Crippen molar-refractivity contribution >= 4 is 5.97 Å². The Morgan fingerprint density at radius 1 is 1.60 bits per heavy atom. The second-order valence-electron chi connectivity index (χ2n) is 2.22. The van der Waals surface area contributed by atoms with Crippen LogP contribution in [-0.4, -0.2) is 30.1 Å². The molecule has 0 aromatic heterocycles. The molecule has 0 saturated heterocycles. The number of hydrogen-bond donors (Lipinski definition) is 1. The first-order valence-electron chi connectivity index (χ1n) is 3.18. The van der Waals surface area contributed by atoms with Crippen LogP contribution in [0.5, 0.6) is 0 Å². The molecule has 0 unspecified atom stereocenters.